The van der Waals surface area contributed by atoms with Gasteiger partial charge in [0.15, 0.2) is 17.4 Å². The van der Waals surface area contributed by atoms with Crippen molar-refractivity contribution in [3.63, 3.8) is 0 Å². The standard InChI is InChI=1S/Al.Na.HO3Si.4H/c;;1-4(2)3;;;;/h;;1H;;;;/q;+1;-1;;;;-1/p+1. The third kappa shape index (κ3) is 67.1. The smallest absolute Gasteiger partial charge is 1.00 e. The average Bonchev–Trinajstić information content (AvgIpc) is 0.811. The zero-order valence-corrected chi connectivity index (χ0v) is 5.76. The van der Waals surface area contributed by atoms with Crippen LogP contribution in [0.2, 0.25) is 0 Å². The van der Waals surface area contributed by atoms with Gasteiger partial charge in [-0.1, -0.05) is 0 Å². The Balaban J connectivity index is -0.00000000750. The molecule has 0 aromatic carbocycles. The van der Waals surface area contributed by atoms with Gasteiger partial charge in [0.1, 0.15) is 0 Å². The summed E-state index contributed by atoms with van der Waals surface area (Å²) in [5.41, 5.74) is 0. The van der Waals surface area contributed by atoms with Crippen LogP contribution in [0.25, 0.3) is 0 Å². The van der Waals surface area contributed by atoms with Crippen LogP contribution < -0.4 is 34.4 Å². The molecule has 0 fully saturated rings. The summed E-state index contributed by atoms with van der Waals surface area (Å²) < 4.78 is 8.63. The fourth-order valence-electron chi connectivity index (χ4n) is 0. The summed E-state index contributed by atoms with van der Waals surface area (Å²) in [5.74, 6) is 0. The van der Waals surface area contributed by atoms with Crippen LogP contribution in [0, 0.1) is 0 Å². The number of rotatable bonds is 0. The summed E-state index contributed by atoms with van der Waals surface area (Å²) in [6.45, 7) is 0. The Morgan fingerprint density at radius 3 is 2.00 bits per heavy atom. The molecule has 0 aromatic rings. The van der Waals surface area contributed by atoms with Crippen molar-refractivity contribution in [2.24, 2.45) is 0 Å². The van der Waals surface area contributed by atoms with Crippen LogP contribution in [-0.4, -0.2) is 31.3 Å². The van der Waals surface area contributed by atoms with Crippen molar-refractivity contribution in [3.8, 4) is 0 Å². The van der Waals surface area contributed by atoms with Crippen molar-refractivity contribution in [1.29, 1.82) is 0 Å². The summed E-state index contributed by atoms with van der Waals surface area (Å²) >= 11 is 0. The molecule has 0 bridgehead atoms. The number of hydrogen-bond acceptors (Lipinski definition) is 2. The van der Waals surface area contributed by atoms with E-state index < -0.39 is 9.17 Å². The Labute approximate surface area is 72.7 Å². The van der Waals surface area contributed by atoms with E-state index in [-0.39, 0.29) is 49.8 Å². The molecule has 0 atom stereocenters. The van der Waals surface area contributed by atoms with E-state index >= 15 is 0 Å². The van der Waals surface area contributed by atoms with Gasteiger partial charge in [0, 0.05) is 0 Å². The van der Waals surface area contributed by atoms with Crippen molar-refractivity contribution in [3.05, 3.63) is 0 Å². The van der Waals surface area contributed by atoms with Crippen LogP contribution in [-0.2, 0) is 4.46 Å². The summed E-state index contributed by atoms with van der Waals surface area (Å²) in [6, 6.07) is 0. The third-order valence-corrected chi connectivity index (χ3v) is 0. The van der Waals surface area contributed by atoms with Crippen molar-refractivity contribution in [2.45, 2.75) is 0 Å². The van der Waals surface area contributed by atoms with Crippen LogP contribution in [0.1, 0.15) is 2.85 Å². The van der Waals surface area contributed by atoms with Gasteiger partial charge in [-0.05, 0) is 0 Å². The van der Waals surface area contributed by atoms with Gasteiger partial charge < -0.3 is 15.5 Å². The zero-order valence-electron chi connectivity index (χ0n) is 4.76. The minimum absolute atomic E-state index is 0. The molecule has 6 heteroatoms. The van der Waals surface area contributed by atoms with E-state index in [1.165, 1.54) is 0 Å². The third-order valence-electron chi connectivity index (χ3n) is 0. The van der Waals surface area contributed by atoms with Crippen LogP contribution in [0.3, 0.4) is 0 Å². The Morgan fingerprint density at radius 2 is 2.00 bits per heavy atom. The maximum atomic E-state index is 8.63. The van der Waals surface area contributed by atoms with Gasteiger partial charge in [-0.25, -0.2) is 0 Å². The Kier molecular flexibility index (Phi) is 24.8. The molecule has 0 saturated heterocycles. The largest absolute Gasteiger partial charge is 1.00 e. The minimum Gasteiger partial charge on any atom is -1.00 e. The Bertz CT molecular complexity index is 40.3. The van der Waals surface area contributed by atoms with Gasteiger partial charge in [-0.3, -0.25) is 0 Å². The molecule has 0 amide bonds. The molecule has 0 aliphatic rings. The van der Waals surface area contributed by atoms with Gasteiger partial charge in [0.2, 0.25) is 0 Å². The van der Waals surface area contributed by atoms with Crippen LogP contribution >= 0.6 is 0 Å². The molecule has 0 aliphatic carbocycles. The summed E-state index contributed by atoms with van der Waals surface area (Å²) in [4.78, 5) is 15.7. The average molecular weight is 132 g/mol. The van der Waals surface area contributed by atoms with Gasteiger partial charge in [0.05, 0.1) is 0 Å². The van der Waals surface area contributed by atoms with Crippen molar-refractivity contribution in [1.82, 2.24) is 0 Å². The predicted octanol–water partition coefficient (Wildman–Crippen LogP) is -6.20. The molecule has 0 spiro atoms. The summed E-state index contributed by atoms with van der Waals surface area (Å²) in [7, 11) is -3.38. The second-order valence-corrected chi connectivity index (χ2v) is 0.798. The van der Waals surface area contributed by atoms with E-state index in [0.717, 1.165) is 0 Å². The van der Waals surface area contributed by atoms with Gasteiger partial charge in [0.25, 0.3) is 0 Å². The molecular weight excluding hydrogens is 126 g/mol. The van der Waals surface area contributed by atoms with Crippen molar-refractivity contribution >= 4 is 26.5 Å². The van der Waals surface area contributed by atoms with Crippen LogP contribution in [0.15, 0.2) is 0 Å². The maximum absolute atomic E-state index is 8.63. The van der Waals surface area contributed by atoms with E-state index in [9.17, 15) is 0 Å². The molecule has 32 valence electrons. The minimum atomic E-state index is -3.38. The molecule has 0 heterocycles. The van der Waals surface area contributed by atoms with Gasteiger partial charge in [-0.15, -0.1) is 0 Å². The van der Waals surface area contributed by atoms with Crippen molar-refractivity contribution in [2.75, 3.05) is 0 Å². The molecule has 0 aromatic heterocycles. The Hall–Kier alpha value is 1.15. The molecule has 0 aliphatic heterocycles. The fourth-order valence-corrected chi connectivity index (χ4v) is 0. The predicted molar refractivity (Wildman–Crippen MR) is 20.8 cm³/mol. The zero-order chi connectivity index (χ0) is 3.58. The second-order valence-electron chi connectivity index (χ2n) is 0.266. The van der Waals surface area contributed by atoms with Gasteiger partial charge >= 0.3 is 40.2 Å². The summed E-state index contributed by atoms with van der Waals surface area (Å²) in [5, 5.41) is 0. The van der Waals surface area contributed by atoms with Crippen LogP contribution in [0.5, 0.6) is 0 Å². The molecule has 0 saturated carbocycles. The topological polar surface area (TPSA) is 60.4 Å². The quantitative estimate of drug-likeness (QED) is 0.334. The van der Waals surface area contributed by atoms with Crippen LogP contribution in [0.4, 0.5) is 0 Å². The molecule has 0 radical (unpaired) electrons. The normalized spacial score (nSPS) is 4.00. The van der Waals surface area contributed by atoms with Crippen molar-refractivity contribution < 1.29 is 46.5 Å². The molecule has 6 heavy (non-hydrogen) atoms. The fraction of sp³-hybridized carbons (Fsp3) is 0. The maximum Gasteiger partial charge on any atom is 1.00 e. The summed E-state index contributed by atoms with van der Waals surface area (Å²) in [6.07, 6.45) is 0. The molecule has 0 unspecified atom stereocenters. The van der Waals surface area contributed by atoms with E-state index in [1.54, 1.807) is 0 Å². The first-order valence-corrected chi connectivity index (χ1v) is 1.90. The molecule has 0 rings (SSSR count). The monoisotopic (exact) mass is 132 g/mol. The van der Waals surface area contributed by atoms with E-state index in [0.29, 0.717) is 0 Å². The molecule has 3 nitrogen and oxygen atoms in total. The van der Waals surface area contributed by atoms with E-state index in [4.69, 9.17) is 14.1 Å². The number of hydrogen-bond donors (Lipinski definition) is 1. The van der Waals surface area contributed by atoms with E-state index in [2.05, 4.69) is 0 Å². The van der Waals surface area contributed by atoms with E-state index in [1.807, 2.05) is 0 Å². The first-order valence-electron chi connectivity index (χ1n) is 0.632. The second kappa shape index (κ2) is 9.47. The Morgan fingerprint density at radius 1 is 2.00 bits per heavy atom. The SMILES string of the molecule is O=[Si]([O-])O.[AlH3].[H+].[H-].[Na+]. The molecule has 1 N–H and O–H groups in total. The first kappa shape index (κ1) is 15.7. The van der Waals surface area contributed by atoms with Gasteiger partial charge in [-0.2, -0.15) is 0 Å². The first-order chi connectivity index (χ1) is 1.73. The molecular formula is H6AlNaO3Si.